The van der Waals surface area contributed by atoms with Crippen LogP contribution in [0.25, 0.3) is 0 Å². The van der Waals surface area contributed by atoms with Crippen molar-refractivity contribution in [1.82, 2.24) is 10.2 Å². The fourth-order valence-corrected chi connectivity index (χ4v) is 4.34. The Kier molecular flexibility index (Phi) is 10.5. The molecule has 2 rings (SSSR count). The Morgan fingerprint density at radius 1 is 1.03 bits per heavy atom. The second-order valence-electron chi connectivity index (χ2n) is 7.33. The summed E-state index contributed by atoms with van der Waals surface area (Å²) in [4.78, 5) is 27.4. The van der Waals surface area contributed by atoms with Crippen molar-refractivity contribution in [3.05, 3.63) is 68.7 Å². The summed E-state index contributed by atoms with van der Waals surface area (Å²) < 4.78 is 0. The first-order valence-electron chi connectivity index (χ1n) is 10.1. The number of benzene rings is 2. The molecule has 0 saturated carbocycles. The first kappa shape index (κ1) is 25.9. The summed E-state index contributed by atoms with van der Waals surface area (Å²) in [6, 6.07) is 12.1. The maximum atomic E-state index is 13.1. The molecule has 4 nitrogen and oxygen atoms in total. The van der Waals surface area contributed by atoms with Gasteiger partial charge in [-0.15, -0.1) is 11.8 Å². The highest BCUT2D eigenvalue weighted by atomic mass is 35.5. The van der Waals surface area contributed by atoms with Crippen molar-refractivity contribution in [2.24, 2.45) is 0 Å². The molecule has 0 heterocycles. The summed E-state index contributed by atoms with van der Waals surface area (Å²) in [6.45, 7) is 5.82. The zero-order valence-electron chi connectivity index (χ0n) is 17.8. The van der Waals surface area contributed by atoms with Crippen molar-refractivity contribution < 1.29 is 9.59 Å². The predicted molar refractivity (Wildman–Crippen MR) is 132 cm³/mol. The molecule has 31 heavy (non-hydrogen) atoms. The largest absolute Gasteiger partial charge is 0.352 e. The van der Waals surface area contributed by atoms with Crippen LogP contribution in [0.5, 0.6) is 0 Å². The van der Waals surface area contributed by atoms with Gasteiger partial charge in [0, 0.05) is 39.0 Å². The van der Waals surface area contributed by atoms with Gasteiger partial charge < -0.3 is 10.2 Å². The molecule has 0 fully saturated rings. The highest BCUT2D eigenvalue weighted by Gasteiger charge is 2.27. The zero-order chi connectivity index (χ0) is 23.0. The molecule has 2 amide bonds. The SMILES string of the molecule is CC[C@@H](C)NC(=O)[C@@H](C)N(Cc1c(Cl)cccc1Cl)C(=O)CSCc1ccc(Cl)cc1. The summed E-state index contributed by atoms with van der Waals surface area (Å²) in [5.41, 5.74) is 1.70. The van der Waals surface area contributed by atoms with E-state index >= 15 is 0 Å². The number of hydrogen-bond donors (Lipinski definition) is 1. The standard InChI is InChI=1S/C23H27Cl3N2O2S/c1-4-15(2)27-23(30)16(3)28(12-19-20(25)6-5-7-21(19)26)22(29)14-31-13-17-8-10-18(24)11-9-17/h5-11,15-16H,4,12-14H2,1-3H3,(H,27,30)/t15-,16-/m1/s1. The Bertz CT molecular complexity index is 873. The van der Waals surface area contributed by atoms with E-state index in [1.165, 1.54) is 11.8 Å². The van der Waals surface area contributed by atoms with Crippen LogP contribution in [0.2, 0.25) is 15.1 Å². The number of hydrogen-bond acceptors (Lipinski definition) is 3. The van der Waals surface area contributed by atoms with E-state index in [4.69, 9.17) is 34.8 Å². The molecule has 0 aliphatic rings. The molecule has 2 atom stereocenters. The molecule has 8 heteroatoms. The molecule has 168 valence electrons. The van der Waals surface area contributed by atoms with Crippen LogP contribution in [0.3, 0.4) is 0 Å². The van der Waals surface area contributed by atoms with E-state index in [1.54, 1.807) is 30.0 Å². The smallest absolute Gasteiger partial charge is 0.242 e. The van der Waals surface area contributed by atoms with Gasteiger partial charge in [-0.05, 0) is 50.1 Å². The Morgan fingerprint density at radius 2 is 1.65 bits per heavy atom. The molecule has 2 aromatic carbocycles. The van der Waals surface area contributed by atoms with Crippen molar-refractivity contribution in [2.75, 3.05) is 5.75 Å². The average molecular weight is 502 g/mol. The van der Waals surface area contributed by atoms with Crippen molar-refractivity contribution >= 4 is 58.4 Å². The second kappa shape index (κ2) is 12.6. The van der Waals surface area contributed by atoms with Crippen molar-refractivity contribution in [1.29, 1.82) is 0 Å². The molecule has 2 aromatic rings. The monoisotopic (exact) mass is 500 g/mol. The van der Waals surface area contributed by atoms with Gasteiger partial charge in [0.15, 0.2) is 0 Å². The minimum atomic E-state index is -0.662. The van der Waals surface area contributed by atoms with Crippen molar-refractivity contribution in [3.63, 3.8) is 0 Å². The third kappa shape index (κ3) is 7.90. The summed E-state index contributed by atoms with van der Waals surface area (Å²) in [6.07, 6.45) is 0.805. The lowest BCUT2D eigenvalue weighted by atomic mass is 10.1. The Balaban J connectivity index is 2.14. The van der Waals surface area contributed by atoms with E-state index in [1.807, 2.05) is 38.1 Å². The van der Waals surface area contributed by atoms with Gasteiger partial charge in [-0.25, -0.2) is 0 Å². The zero-order valence-corrected chi connectivity index (χ0v) is 20.9. The van der Waals surface area contributed by atoms with E-state index in [0.29, 0.717) is 26.4 Å². The topological polar surface area (TPSA) is 49.4 Å². The van der Waals surface area contributed by atoms with Crippen LogP contribution in [0.15, 0.2) is 42.5 Å². The van der Waals surface area contributed by atoms with E-state index in [2.05, 4.69) is 5.32 Å². The fourth-order valence-electron chi connectivity index (χ4n) is 2.82. The van der Waals surface area contributed by atoms with Crippen molar-refractivity contribution in [2.45, 2.75) is 51.6 Å². The van der Waals surface area contributed by atoms with Crippen LogP contribution < -0.4 is 5.32 Å². The predicted octanol–water partition coefficient (Wildman–Crippen LogP) is 6.21. The van der Waals surface area contributed by atoms with Gasteiger partial charge in [0.1, 0.15) is 6.04 Å². The summed E-state index contributed by atoms with van der Waals surface area (Å²) in [5.74, 6) is 0.540. The summed E-state index contributed by atoms with van der Waals surface area (Å²) in [5, 5.41) is 4.56. The number of amides is 2. The molecule has 0 aliphatic carbocycles. The lowest BCUT2D eigenvalue weighted by molar-refractivity contribution is -0.138. The second-order valence-corrected chi connectivity index (χ2v) is 9.57. The van der Waals surface area contributed by atoms with Gasteiger partial charge in [0.25, 0.3) is 0 Å². The number of carbonyl (C=O) groups excluding carboxylic acids is 2. The van der Waals surface area contributed by atoms with Crippen LogP contribution in [-0.2, 0) is 21.9 Å². The minimum absolute atomic E-state index is 0.0232. The first-order valence-corrected chi connectivity index (χ1v) is 12.4. The number of rotatable bonds is 10. The van der Waals surface area contributed by atoms with Crippen LogP contribution in [-0.4, -0.2) is 34.6 Å². The number of nitrogens with one attached hydrogen (secondary N) is 1. The van der Waals surface area contributed by atoms with Gasteiger partial charge in [0.05, 0.1) is 5.75 Å². The van der Waals surface area contributed by atoms with Crippen LogP contribution in [0, 0.1) is 0 Å². The van der Waals surface area contributed by atoms with Crippen LogP contribution in [0.1, 0.15) is 38.3 Å². The Morgan fingerprint density at radius 3 is 2.23 bits per heavy atom. The Hall–Kier alpha value is -1.40. The highest BCUT2D eigenvalue weighted by Crippen LogP contribution is 2.27. The fraction of sp³-hybridized carbons (Fsp3) is 0.391. The molecular formula is C23H27Cl3N2O2S. The molecule has 0 unspecified atom stereocenters. The summed E-state index contributed by atoms with van der Waals surface area (Å²) in [7, 11) is 0. The molecule has 0 bridgehead atoms. The normalized spacial score (nSPS) is 12.8. The van der Waals surface area contributed by atoms with E-state index in [-0.39, 0.29) is 30.2 Å². The molecule has 0 aromatic heterocycles. The molecule has 0 aliphatic heterocycles. The van der Waals surface area contributed by atoms with Crippen LogP contribution in [0.4, 0.5) is 0 Å². The summed E-state index contributed by atoms with van der Waals surface area (Å²) >= 11 is 20.1. The number of carbonyl (C=O) groups is 2. The van der Waals surface area contributed by atoms with Gasteiger partial charge in [-0.3, -0.25) is 9.59 Å². The molecule has 1 N–H and O–H groups in total. The minimum Gasteiger partial charge on any atom is -0.352 e. The lowest BCUT2D eigenvalue weighted by Gasteiger charge is -2.30. The van der Waals surface area contributed by atoms with Crippen LogP contribution >= 0.6 is 46.6 Å². The number of nitrogens with zero attached hydrogens (tertiary/aromatic N) is 1. The molecular weight excluding hydrogens is 475 g/mol. The third-order valence-corrected chi connectivity index (χ3v) is 6.91. The van der Waals surface area contributed by atoms with E-state index in [9.17, 15) is 9.59 Å². The van der Waals surface area contributed by atoms with Gasteiger partial charge in [0.2, 0.25) is 11.8 Å². The molecule has 0 saturated heterocycles. The number of halogens is 3. The first-order chi connectivity index (χ1) is 14.7. The van der Waals surface area contributed by atoms with Crippen molar-refractivity contribution in [3.8, 4) is 0 Å². The van der Waals surface area contributed by atoms with E-state index in [0.717, 1.165) is 12.0 Å². The highest BCUT2D eigenvalue weighted by molar-refractivity contribution is 7.99. The maximum absolute atomic E-state index is 13.1. The van der Waals surface area contributed by atoms with E-state index < -0.39 is 6.04 Å². The lowest BCUT2D eigenvalue weighted by Crippen LogP contribution is -2.50. The molecule has 0 spiro atoms. The third-order valence-electron chi connectivity index (χ3n) is 4.97. The Labute approximate surface area is 203 Å². The molecule has 0 radical (unpaired) electrons. The quantitative estimate of drug-likeness (QED) is 0.421. The average Bonchev–Trinajstić information content (AvgIpc) is 2.74. The van der Waals surface area contributed by atoms with Gasteiger partial charge >= 0.3 is 0 Å². The maximum Gasteiger partial charge on any atom is 0.242 e. The van der Waals surface area contributed by atoms with Gasteiger partial charge in [-0.2, -0.15) is 0 Å². The number of thioether (sulfide) groups is 1. The van der Waals surface area contributed by atoms with Gasteiger partial charge in [-0.1, -0.05) is 59.9 Å².